The molecule has 1 aliphatic rings. The Morgan fingerprint density at radius 2 is 2.24 bits per heavy atom. The SMILES string of the molecule is COCCC(C)C(O)C1Cc2ccccc2S1. The lowest BCUT2D eigenvalue weighted by Crippen LogP contribution is -2.30. The third kappa shape index (κ3) is 3.03. The molecule has 0 aliphatic carbocycles. The molecule has 0 amide bonds. The zero-order chi connectivity index (χ0) is 12.3. The van der Waals surface area contributed by atoms with Crippen molar-refractivity contribution in [3.8, 4) is 0 Å². The normalized spacial score (nSPS) is 22.2. The molecule has 94 valence electrons. The summed E-state index contributed by atoms with van der Waals surface area (Å²) in [5.41, 5.74) is 1.38. The molecular formula is C14H20O2S. The first kappa shape index (κ1) is 12.9. The molecule has 0 saturated heterocycles. The van der Waals surface area contributed by atoms with Gasteiger partial charge in [-0.2, -0.15) is 0 Å². The van der Waals surface area contributed by atoms with E-state index in [1.165, 1.54) is 10.5 Å². The quantitative estimate of drug-likeness (QED) is 0.873. The summed E-state index contributed by atoms with van der Waals surface area (Å²) in [5, 5.41) is 10.6. The summed E-state index contributed by atoms with van der Waals surface area (Å²) in [6.07, 6.45) is 1.66. The van der Waals surface area contributed by atoms with Crippen molar-refractivity contribution in [3.63, 3.8) is 0 Å². The largest absolute Gasteiger partial charge is 0.392 e. The fraction of sp³-hybridized carbons (Fsp3) is 0.571. The van der Waals surface area contributed by atoms with Gasteiger partial charge in [0.1, 0.15) is 0 Å². The van der Waals surface area contributed by atoms with E-state index in [0.717, 1.165) is 19.4 Å². The van der Waals surface area contributed by atoms with Crippen LogP contribution in [-0.4, -0.2) is 30.2 Å². The van der Waals surface area contributed by atoms with E-state index in [2.05, 4.69) is 31.2 Å². The standard InChI is InChI=1S/C14H20O2S/c1-10(7-8-16-2)14(15)13-9-11-5-3-4-6-12(11)17-13/h3-6,10,13-15H,7-9H2,1-2H3. The molecule has 0 bridgehead atoms. The number of hydrogen-bond acceptors (Lipinski definition) is 3. The zero-order valence-electron chi connectivity index (χ0n) is 10.4. The Hall–Kier alpha value is -0.510. The van der Waals surface area contributed by atoms with Gasteiger partial charge in [0.05, 0.1) is 6.10 Å². The average molecular weight is 252 g/mol. The van der Waals surface area contributed by atoms with Gasteiger partial charge in [0.2, 0.25) is 0 Å². The van der Waals surface area contributed by atoms with E-state index in [9.17, 15) is 5.11 Å². The fourth-order valence-corrected chi connectivity index (χ4v) is 3.70. The zero-order valence-corrected chi connectivity index (χ0v) is 11.2. The molecule has 0 fully saturated rings. The number of rotatable bonds is 5. The highest BCUT2D eigenvalue weighted by molar-refractivity contribution is 8.00. The van der Waals surface area contributed by atoms with Crippen molar-refractivity contribution in [1.29, 1.82) is 0 Å². The van der Waals surface area contributed by atoms with Gasteiger partial charge in [0.25, 0.3) is 0 Å². The lowest BCUT2D eigenvalue weighted by Gasteiger charge is -2.23. The van der Waals surface area contributed by atoms with Crippen molar-refractivity contribution in [1.82, 2.24) is 0 Å². The number of aliphatic hydroxyl groups is 1. The van der Waals surface area contributed by atoms with Gasteiger partial charge in [-0.05, 0) is 30.4 Å². The van der Waals surface area contributed by atoms with Crippen molar-refractivity contribution in [2.75, 3.05) is 13.7 Å². The Morgan fingerprint density at radius 3 is 2.94 bits per heavy atom. The molecule has 0 aromatic heterocycles. The minimum Gasteiger partial charge on any atom is -0.392 e. The van der Waals surface area contributed by atoms with Gasteiger partial charge in [-0.15, -0.1) is 11.8 Å². The number of benzene rings is 1. The molecular weight excluding hydrogens is 232 g/mol. The summed E-state index contributed by atoms with van der Waals surface area (Å²) in [4.78, 5) is 1.33. The van der Waals surface area contributed by atoms with Crippen LogP contribution in [0.1, 0.15) is 18.9 Å². The third-order valence-corrected chi connectivity index (χ3v) is 4.81. The topological polar surface area (TPSA) is 29.5 Å². The van der Waals surface area contributed by atoms with Crippen molar-refractivity contribution in [2.24, 2.45) is 5.92 Å². The highest BCUT2D eigenvalue weighted by Crippen LogP contribution is 2.39. The number of fused-ring (bicyclic) bond motifs is 1. The van der Waals surface area contributed by atoms with Crippen molar-refractivity contribution in [3.05, 3.63) is 29.8 Å². The number of hydrogen-bond donors (Lipinski definition) is 1. The van der Waals surface area contributed by atoms with Gasteiger partial charge in [0.15, 0.2) is 0 Å². The maximum absolute atomic E-state index is 10.3. The summed E-state index contributed by atoms with van der Waals surface area (Å²) in [6, 6.07) is 8.44. The van der Waals surface area contributed by atoms with Crippen LogP contribution in [0.5, 0.6) is 0 Å². The summed E-state index contributed by atoms with van der Waals surface area (Å²) < 4.78 is 5.07. The van der Waals surface area contributed by atoms with Crippen LogP contribution in [0.2, 0.25) is 0 Å². The number of thioether (sulfide) groups is 1. The first-order chi connectivity index (χ1) is 8.22. The molecule has 3 unspecified atom stereocenters. The van der Waals surface area contributed by atoms with Crippen LogP contribution >= 0.6 is 11.8 Å². The van der Waals surface area contributed by atoms with Crippen LogP contribution in [0.15, 0.2) is 29.2 Å². The summed E-state index contributed by atoms with van der Waals surface area (Å²) >= 11 is 1.82. The van der Waals surface area contributed by atoms with Crippen molar-refractivity contribution in [2.45, 2.75) is 36.0 Å². The number of ether oxygens (including phenoxy) is 1. The van der Waals surface area contributed by atoms with E-state index in [-0.39, 0.29) is 6.10 Å². The van der Waals surface area contributed by atoms with Crippen LogP contribution in [0.4, 0.5) is 0 Å². The summed E-state index contributed by atoms with van der Waals surface area (Å²) in [5.74, 6) is 0.293. The Morgan fingerprint density at radius 1 is 1.47 bits per heavy atom. The molecule has 0 spiro atoms. The second-order valence-electron chi connectivity index (χ2n) is 4.72. The molecule has 1 heterocycles. The van der Waals surface area contributed by atoms with Gasteiger partial charge in [-0.3, -0.25) is 0 Å². The van der Waals surface area contributed by atoms with E-state index in [4.69, 9.17) is 4.74 Å². The number of methoxy groups -OCH3 is 1. The van der Waals surface area contributed by atoms with Crippen LogP contribution in [0.3, 0.4) is 0 Å². The van der Waals surface area contributed by atoms with E-state index in [1.807, 2.05) is 11.8 Å². The fourth-order valence-electron chi connectivity index (χ4n) is 2.24. The Labute approximate surface area is 107 Å². The van der Waals surface area contributed by atoms with Crippen LogP contribution < -0.4 is 0 Å². The molecule has 0 saturated carbocycles. The van der Waals surface area contributed by atoms with Gasteiger partial charge in [-0.1, -0.05) is 25.1 Å². The predicted octanol–water partition coefficient (Wildman–Crippen LogP) is 2.74. The lowest BCUT2D eigenvalue weighted by molar-refractivity contribution is 0.0871. The van der Waals surface area contributed by atoms with Gasteiger partial charge >= 0.3 is 0 Å². The molecule has 1 N–H and O–H groups in total. The van der Waals surface area contributed by atoms with Crippen LogP contribution in [-0.2, 0) is 11.2 Å². The Kier molecular flexibility index (Phi) is 4.48. The van der Waals surface area contributed by atoms with E-state index in [1.54, 1.807) is 7.11 Å². The maximum Gasteiger partial charge on any atom is 0.0691 e. The maximum atomic E-state index is 10.3. The third-order valence-electron chi connectivity index (χ3n) is 3.41. The minimum atomic E-state index is -0.248. The molecule has 2 nitrogen and oxygen atoms in total. The van der Waals surface area contributed by atoms with Crippen LogP contribution in [0, 0.1) is 5.92 Å². The highest BCUT2D eigenvalue weighted by atomic mass is 32.2. The number of aliphatic hydroxyl groups excluding tert-OH is 1. The first-order valence-corrected chi connectivity index (χ1v) is 7.02. The molecule has 1 aliphatic heterocycles. The van der Waals surface area contributed by atoms with E-state index < -0.39 is 0 Å². The van der Waals surface area contributed by atoms with Gasteiger partial charge in [0, 0.05) is 23.9 Å². The predicted molar refractivity (Wildman–Crippen MR) is 71.5 cm³/mol. The molecule has 0 radical (unpaired) electrons. The van der Waals surface area contributed by atoms with E-state index in [0.29, 0.717) is 11.2 Å². The molecule has 3 atom stereocenters. The monoisotopic (exact) mass is 252 g/mol. The molecule has 1 aromatic rings. The smallest absolute Gasteiger partial charge is 0.0691 e. The lowest BCUT2D eigenvalue weighted by atomic mass is 9.95. The van der Waals surface area contributed by atoms with E-state index >= 15 is 0 Å². The Bertz CT molecular complexity index is 342. The van der Waals surface area contributed by atoms with Gasteiger partial charge in [-0.25, -0.2) is 0 Å². The molecule has 1 aromatic carbocycles. The first-order valence-electron chi connectivity index (χ1n) is 6.14. The average Bonchev–Trinajstić information content (AvgIpc) is 2.78. The molecule has 2 rings (SSSR count). The van der Waals surface area contributed by atoms with Crippen molar-refractivity contribution >= 4 is 11.8 Å². The molecule has 17 heavy (non-hydrogen) atoms. The second kappa shape index (κ2) is 5.89. The second-order valence-corrected chi connectivity index (χ2v) is 6.00. The van der Waals surface area contributed by atoms with Crippen molar-refractivity contribution < 1.29 is 9.84 Å². The summed E-state index contributed by atoms with van der Waals surface area (Å²) in [7, 11) is 1.71. The van der Waals surface area contributed by atoms with Crippen LogP contribution in [0.25, 0.3) is 0 Å². The highest BCUT2D eigenvalue weighted by Gasteiger charge is 2.30. The molecule has 3 heteroatoms. The minimum absolute atomic E-state index is 0.248. The summed E-state index contributed by atoms with van der Waals surface area (Å²) in [6.45, 7) is 2.83. The Balaban J connectivity index is 1.93. The van der Waals surface area contributed by atoms with Gasteiger partial charge < -0.3 is 9.84 Å².